The van der Waals surface area contributed by atoms with Crippen molar-refractivity contribution in [1.29, 1.82) is 0 Å². The maximum absolute atomic E-state index is 10.2. The lowest BCUT2D eigenvalue weighted by molar-refractivity contribution is -0.668. The number of hydrogen-bond acceptors (Lipinski definition) is 4. The van der Waals surface area contributed by atoms with E-state index < -0.39 is 12.2 Å². The van der Waals surface area contributed by atoms with E-state index in [4.69, 9.17) is 9.47 Å². The summed E-state index contributed by atoms with van der Waals surface area (Å²) in [5.74, 6) is 1.54. The standard InChI is InChI=1S/C22H31NO4/c1-22(2,3)19-12-18(26-4)10-11-21(19)27-15-17(24)13-23-14-20(25)16-8-6-5-7-9-16/h5-12,17,20,23-25H,13-15H2,1-4H3/p+1/t17-,20-/m0/s1. The van der Waals surface area contributed by atoms with Crippen molar-refractivity contribution in [1.82, 2.24) is 0 Å². The molecule has 0 saturated carbocycles. The monoisotopic (exact) mass is 374 g/mol. The molecule has 2 rings (SSSR count). The zero-order chi connectivity index (χ0) is 19.9. The maximum atomic E-state index is 10.2. The summed E-state index contributed by atoms with van der Waals surface area (Å²) < 4.78 is 11.2. The van der Waals surface area contributed by atoms with Gasteiger partial charge >= 0.3 is 0 Å². The topological polar surface area (TPSA) is 75.5 Å². The molecule has 0 aliphatic rings. The van der Waals surface area contributed by atoms with Crippen LogP contribution < -0.4 is 14.8 Å². The minimum absolute atomic E-state index is 0.0965. The van der Waals surface area contributed by atoms with Crippen molar-refractivity contribution in [2.45, 2.75) is 38.4 Å². The minimum atomic E-state index is -0.622. The van der Waals surface area contributed by atoms with Crippen molar-refractivity contribution in [3.05, 3.63) is 59.7 Å². The van der Waals surface area contributed by atoms with Crippen LogP contribution in [0.2, 0.25) is 0 Å². The first kappa shape index (κ1) is 21.2. The molecule has 2 aromatic rings. The predicted molar refractivity (Wildman–Crippen MR) is 106 cm³/mol. The largest absolute Gasteiger partial charge is 0.497 e. The van der Waals surface area contributed by atoms with Gasteiger partial charge in [0, 0.05) is 5.56 Å². The number of nitrogens with two attached hydrogens (primary N) is 1. The first-order valence-electron chi connectivity index (χ1n) is 9.35. The summed E-state index contributed by atoms with van der Waals surface area (Å²) in [6.45, 7) is 7.51. The third-order valence-electron chi connectivity index (χ3n) is 4.44. The molecule has 0 radical (unpaired) electrons. The molecule has 27 heavy (non-hydrogen) atoms. The van der Waals surface area contributed by atoms with Gasteiger partial charge in [-0.2, -0.15) is 0 Å². The molecule has 2 aromatic carbocycles. The van der Waals surface area contributed by atoms with Crippen molar-refractivity contribution in [3.63, 3.8) is 0 Å². The molecule has 0 saturated heterocycles. The molecule has 0 aliphatic heterocycles. The van der Waals surface area contributed by atoms with Crippen LogP contribution in [0.1, 0.15) is 38.0 Å². The fourth-order valence-electron chi connectivity index (χ4n) is 2.86. The summed E-state index contributed by atoms with van der Waals surface area (Å²) in [6, 6.07) is 15.3. The van der Waals surface area contributed by atoms with Crippen LogP contribution in [0.3, 0.4) is 0 Å². The Labute approximate surface area is 162 Å². The van der Waals surface area contributed by atoms with Gasteiger partial charge in [0.15, 0.2) is 0 Å². The Kier molecular flexibility index (Phi) is 7.66. The highest BCUT2D eigenvalue weighted by atomic mass is 16.5. The molecule has 148 valence electrons. The Bertz CT molecular complexity index is 697. The second-order valence-corrected chi connectivity index (χ2v) is 7.76. The van der Waals surface area contributed by atoms with E-state index in [1.165, 1.54) is 0 Å². The van der Waals surface area contributed by atoms with Crippen LogP contribution in [-0.4, -0.2) is 43.1 Å². The number of hydrogen-bond donors (Lipinski definition) is 3. The lowest BCUT2D eigenvalue weighted by Gasteiger charge is -2.24. The Morgan fingerprint density at radius 1 is 1.00 bits per heavy atom. The highest BCUT2D eigenvalue weighted by molar-refractivity contribution is 5.44. The molecule has 0 amide bonds. The van der Waals surface area contributed by atoms with Gasteiger partial charge in [0.2, 0.25) is 0 Å². The molecule has 5 nitrogen and oxygen atoms in total. The van der Waals surface area contributed by atoms with Crippen LogP contribution in [0.25, 0.3) is 0 Å². The minimum Gasteiger partial charge on any atom is -0.497 e. The van der Waals surface area contributed by atoms with E-state index in [-0.39, 0.29) is 12.0 Å². The number of ether oxygens (including phenoxy) is 2. The molecule has 0 unspecified atom stereocenters. The number of aliphatic hydroxyl groups excluding tert-OH is 2. The summed E-state index contributed by atoms with van der Waals surface area (Å²) in [4.78, 5) is 0. The second-order valence-electron chi connectivity index (χ2n) is 7.76. The lowest BCUT2D eigenvalue weighted by atomic mass is 9.86. The molecular weight excluding hydrogens is 342 g/mol. The van der Waals surface area contributed by atoms with Gasteiger partial charge in [-0.3, -0.25) is 0 Å². The van der Waals surface area contributed by atoms with Gasteiger partial charge in [-0.1, -0.05) is 51.1 Å². The average molecular weight is 375 g/mol. The molecule has 0 aliphatic carbocycles. The van der Waals surface area contributed by atoms with Gasteiger partial charge in [-0.25, -0.2) is 0 Å². The third-order valence-corrected chi connectivity index (χ3v) is 4.44. The zero-order valence-electron chi connectivity index (χ0n) is 16.7. The van der Waals surface area contributed by atoms with E-state index in [2.05, 4.69) is 20.8 Å². The van der Waals surface area contributed by atoms with Crippen LogP contribution in [0.4, 0.5) is 0 Å². The molecule has 0 bridgehead atoms. The maximum Gasteiger partial charge on any atom is 0.137 e. The van der Waals surface area contributed by atoms with Crippen molar-refractivity contribution in [2.75, 3.05) is 26.8 Å². The third kappa shape index (κ3) is 6.54. The van der Waals surface area contributed by atoms with E-state index in [1.54, 1.807) is 7.11 Å². The number of benzene rings is 2. The Hall–Kier alpha value is -2.08. The SMILES string of the molecule is COc1ccc(OC[C@@H](O)C[NH2+]C[C@H](O)c2ccccc2)c(C(C)(C)C)c1. The first-order valence-corrected chi connectivity index (χ1v) is 9.35. The summed E-state index contributed by atoms with van der Waals surface area (Å²) in [7, 11) is 1.64. The molecule has 0 spiro atoms. The second kappa shape index (κ2) is 9.74. The van der Waals surface area contributed by atoms with Gasteiger partial charge in [-0.15, -0.1) is 0 Å². The first-order chi connectivity index (χ1) is 12.8. The van der Waals surface area contributed by atoms with Crippen LogP contribution in [0, 0.1) is 0 Å². The summed E-state index contributed by atoms with van der Waals surface area (Å²) in [5, 5.41) is 22.3. The van der Waals surface area contributed by atoms with E-state index in [9.17, 15) is 10.2 Å². The van der Waals surface area contributed by atoms with E-state index in [0.717, 1.165) is 22.6 Å². The van der Waals surface area contributed by atoms with Crippen molar-refractivity contribution >= 4 is 0 Å². The molecule has 0 aromatic heterocycles. The number of methoxy groups -OCH3 is 1. The van der Waals surface area contributed by atoms with Gasteiger partial charge in [0.05, 0.1) is 7.11 Å². The lowest BCUT2D eigenvalue weighted by Crippen LogP contribution is -2.87. The fourth-order valence-corrected chi connectivity index (χ4v) is 2.86. The van der Waals surface area contributed by atoms with Gasteiger partial charge in [0.1, 0.15) is 43.4 Å². The molecule has 4 N–H and O–H groups in total. The zero-order valence-corrected chi connectivity index (χ0v) is 16.7. The Balaban J connectivity index is 1.84. The van der Waals surface area contributed by atoms with Crippen molar-refractivity contribution in [3.8, 4) is 11.5 Å². The van der Waals surface area contributed by atoms with Crippen LogP contribution >= 0.6 is 0 Å². The molecule has 5 heteroatoms. The molecule has 2 atom stereocenters. The van der Waals surface area contributed by atoms with Crippen molar-refractivity contribution in [2.24, 2.45) is 0 Å². The van der Waals surface area contributed by atoms with Gasteiger partial charge in [0.25, 0.3) is 0 Å². The van der Waals surface area contributed by atoms with Crippen LogP contribution in [-0.2, 0) is 5.41 Å². The van der Waals surface area contributed by atoms with Crippen LogP contribution in [0.5, 0.6) is 11.5 Å². The van der Waals surface area contributed by atoms with Crippen LogP contribution in [0.15, 0.2) is 48.5 Å². The number of rotatable bonds is 9. The molecule has 0 heterocycles. The highest BCUT2D eigenvalue weighted by Gasteiger charge is 2.21. The molecular formula is C22H32NO4+. The van der Waals surface area contributed by atoms with Gasteiger partial charge in [-0.05, 0) is 29.2 Å². The Morgan fingerprint density at radius 2 is 1.70 bits per heavy atom. The highest BCUT2D eigenvalue weighted by Crippen LogP contribution is 2.34. The van der Waals surface area contributed by atoms with E-state index >= 15 is 0 Å². The number of aliphatic hydroxyl groups is 2. The van der Waals surface area contributed by atoms with E-state index in [1.807, 2.05) is 53.8 Å². The van der Waals surface area contributed by atoms with Crippen molar-refractivity contribution < 1.29 is 25.0 Å². The average Bonchev–Trinajstić information content (AvgIpc) is 2.66. The smallest absolute Gasteiger partial charge is 0.137 e. The molecule has 0 fully saturated rings. The van der Waals surface area contributed by atoms with Gasteiger partial charge < -0.3 is 25.0 Å². The summed E-state index contributed by atoms with van der Waals surface area (Å²) in [6.07, 6.45) is -1.17. The normalized spacial score (nSPS) is 13.9. The number of quaternary nitrogens is 1. The van der Waals surface area contributed by atoms with E-state index in [0.29, 0.717) is 13.1 Å². The fraction of sp³-hybridized carbons (Fsp3) is 0.455. The predicted octanol–water partition coefficient (Wildman–Crippen LogP) is 2.03. The summed E-state index contributed by atoms with van der Waals surface area (Å²) in [5.41, 5.74) is 1.82. The quantitative estimate of drug-likeness (QED) is 0.628. The Morgan fingerprint density at radius 3 is 2.33 bits per heavy atom. The summed E-state index contributed by atoms with van der Waals surface area (Å²) >= 11 is 0.